The van der Waals surface area contributed by atoms with Gasteiger partial charge in [0.05, 0.1) is 12.5 Å². The number of hydrogen-bond donors (Lipinski definition) is 1. The third kappa shape index (κ3) is 3.65. The van der Waals surface area contributed by atoms with E-state index in [4.69, 9.17) is 0 Å². The lowest BCUT2D eigenvalue weighted by molar-refractivity contribution is -0.121. The highest BCUT2D eigenvalue weighted by Crippen LogP contribution is 2.13. The van der Waals surface area contributed by atoms with Gasteiger partial charge in [-0.15, -0.1) is 0 Å². The van der Waals surface area contributed by atoms with Crippen LogP contribution in [0.4, 0.5) is 4.39 Å². The summed E-state index contributed by atoms with van der Waals surface area (Å²) in [6.07, 6.45) is 1.62. The molecule has 0 saturated heterocycles. The van der Waals surface area contributed by atoms with Crippen LogP contribution in [-0.2, 0) is 17.8 Å². The minimum Gasteiger partial charge on any atom is -0.346 e. The molecule has 1 atom stereocenters. The summed E-state index contributed by atoms with van der Waals surface area (Å²) in [5.41, 5.74) is 1.59. The van der Waals surface area contributed by atoms with Crippen molar-refractivity contribution >= 4 is 5.91 Å². The number of nitrogens with zero attached hydrogens (tertiary/aromatic N) is 3. The smallest absolute Gasteiger partial charge is 0.225 e. The van der Waals surface area contributed by atoms with E-state index in [0.717, 1.165) is 5.56 Å². The van der Waals surface area contributed by atoms with Crippen LogP contribution in [0.1, 0.15) is 36.8 Å². The van der Waals surface area contributed by atoms with E-state index in [1.165, 1.54) is 18.5 Å². The standard InChI is InChI=1S/C15H19FN4O/c1-4-20-15(17-9-18-20)11(3)19-14(21)8-12-7-13(16)6-5-10(12)2/h5-7,9,11H,4,8H2,1-3H3,(H,19,21)/t11-/m0/s1. The van der Waals surface area contributed by atoms with Crippen molar-refractivity contribution in [2.75, 3.05) is 0 Å². The lowest BCUT2D eigenvalue weighted by Crippen LogP contribution is -2.30. The Morgan fingerprint density at radius 3 is 2.95 bits per heavy atom. The van der Waals surface area contributed by atoms with Gasteiger partial charge < -0.3 is 5.32 Å². The van der Waals surface area contributed by atoms with Gasteiger partial charge >= 0.3 is 0 Å². The van der Waals surface area contributed by atoms with Gasteiger partial charge in [-0.05, 0) is 44.0 Å². The second-order valence-electron chi connectivity index (χ2n) is 4.97. The summed E-state index contributed by atoms with van der Waals surface area (Å²) in [4.78, 5) is 16.2. The molecule has 0 spiro atoms. The van der Waals surface area contributed by atoms with Crippen LogP contribution in [0.3, 0.4) is 0 Å². The van der Waals surface area contributed by atoms with Crippen molar-refractivity contribution in [3.63, 3.8) is 0 Å². The van der Waals surface area contributed by atoms with Crippen LogP contribution >= 0.6 is 0 Å². The SMILES string of the molecule is CCn1ncnc1[C@H](C)NC(=O)Cc1cc(F)ccc1C. The number of aromatic nitrogens is 3. The van der Waals surface area contributed by atoms with E-state index in [-0.39, 0.29) is 24.2 Å². The Balaban J connectivity index is 2.03. The molecule has 0 aliphatic heterocycles. The number of halogens is 1. The van der Waals surface area contributed by atoms with E-state index >= 15 is 0 Å². The number of carbonyl (C=O) groups is 1. The third-order valence-electron chi connectivity index (χ3n) is 3.37. The summed E-state index contributed by atoms with van der Waals surface area (Å²) < 4.78 is 15.0. The van der Waals surface area contributed by atoms with Gasteiger partial charge in [0.2, 0.25) is 5.91 Å². The Hall–Kier alpha value is -2.24. The summed E-state index contributed by atoms with van der Waals surface area (Å²) in [5, 5.41) is 6.94. The van der Waals surface area contributed by atoms with Crippen molar-refractivity contribution in [1.29, 1.82) is 0 Å². The first-order valence-electron chi connectivity index (χ1n) is 6.93. The quantitative estimate of drug-likeness (QED) is 0.918. The van der Waals surface area contributed by atoms with Gasteiger partial charge in [-0.1, -0.05) is 6.07 Å². The van der Waals surface area contributed by atoms with E-state index in [1.807, 2.05) is 20.8 Å². The zero-order chi connectivity index (χ0) is 15.4. The monoisotopic (exact) mass is 290 g/mol. The minimum atomic E-state index is -0.331. The molecular weight excluding hydrogens is 271 g/mol. The maximum absolute atomic E-state index is 13.2. The maximum Gasteiger partial charge on any atom is 0.225 e. The van der Waals surface area contributed by atoms with E-state index < -0.39 is 0 Å². The second-order valence-corrected chi connectivity index (χ2v) is 4.97. The summed E-state index contributed by atoms with van der Waals surface area (Å²) in [6.45, 7) is 6.37. The van der Waals surface area contributed by atoms with Crippen LogP contribution < -0.4 is 5.32 Å². The zero-order valence-electron chi connectivity index (χ0n) is 12.4. The molecule has 0 bridgehead atoms. The van der Waals surface area contributed by atoms with E-state index in [9.17, 15) is 9.18 Å². The Morgan fingerprint density at radius 1 is 1.48 bits per heavy atom. The fourth-order valence-electron chi connectivity index (χ4n) is 2.21. The maximum atomic E-state index is 13.2. The normalized spacial score (nSPS) is 12.2. The van der Waals surface area contributed by atoms with Gasteiger partial charge in [-0.25, -0.2) is 14.1 Å². The van der Waals surface area contributed by atoms with Crippen molar-refractivity contribution in [2.45, 2.75) is 39.8 Å². The average molecular weight is 290 g/mol. The molecule has 0 unspecified atom stereocenters. The largest absolute Gasteiger partial charge is 0.346 e. The second kappa shape index (κ2) is 6.47. The highest BCUT2D eigenvalue weighted by molar-refractivity contribution is 5.79. The predicted molar refractivity (Wildman–Crippen MR) is 77.1 cm³/mol. The van der Waals surface area contributed by atoms with Crippen LogP contribution in [0.15, 0.2) is 24.5 Å². The zero-order valence-corrected chi connectivity index (χ0v) is 12.4. The van der Waals surface area contributed by atoms with Crippen molar-refractivity contribution in [3.8, 4) is 0 Å². The summed E-state index contributed by atoms with van der Waals surface area (Å²) in [6, 6.07) is 4.22. The van der Waals surface area contributed by atoms with E-state index in [2.05, 4.69) is 15.4 Å². The highest BCUT2D eigenvalue weighted by Gasteiger charge is 2.15. The first-order chi connectivity index (χ1) is 10.0. The predicted octanol–water partition coefficient (Wildman–Crippen LogP) is 2.17. The van der Waals surface area contributed by atoms with Gasteiger partial charge in [-0.3, -0.25) is 4.79 Å². The molecule has 1 aromatic heterocycles. The molecule has 0 fully saturated rings. The van der Waals surface area contributed by atoms with Gasteiger partial charge in [0.1, 0.15) is 18.0 Å². The highest BCUT2D eigenvalue weighted by atomic mass is 19.1. The number of hydrogen-bond acceptors (Lipinski definition) is 3. The molecule has 2 rings (SSSR count). The lowest BCUT2D eigenvalue weighted by atomic mass is 10.1. The van der Waals surface area contributed by atoms with Crippen molar-refractivity contribution in [2.24, 2.45) is 0 Å². The molecule has 112 valence electrons. The van der Waals surface area contributed by atoms with Crippen molar-refractivity contribution in [1.82, 2.24) is 20.1 Å². The number of benzene rings is 1. The summed E-state index contributed by atoms with van der Waals surface area (Å²) >= 11 is 0. The molecule has 5 nitrogen and oxygen atoms in total. The van der Waals surface area contributed by atoms with Crippen LogP contribution in [0.5, 0.6) is 0 Å². The summed E-state index contributed by atoms with van der Waals surface area (Å²) in [7, 11) is 0. The van der Waals surface area contributed by atoms with Crippen molar-refractivity contribution < 1.29 is 9.18 Å². The number of nitrogens with one attached hydrogen (secondary N) is 1. The molecule has 0 aliphatic rings. The lowest BCUT2D eigenvalue weighted by Gasteiger charge is -2.14. The molecule has 1 heterocycles. The van der Waals surface area contributed by atoms with Gasteiger partial charge in [0.25, 0.3) is 0 Å². The molecule has 21 heavy (non-hydrogen) atoms. The number of carbonyl (C=O) groups excluding carboxylic acids is 1. The Kier molecular flexibility index (Phi) is 4.67. The van der Waals surface area contributed by atoms with Gasteiger partial charge in [0.15, 0.2) is 0 Å². The molecule has 1 amide bonds. The number of aryl methyl sites for hydroxylation is 2. The first-order valence-corrected chi connectivity index (χ1v) is 6.93. The Bertz CT molecular complexity index is 638. The number of rotatable bonds is 5. The Labute approximate surface area is 123 Å². The van der Waals surface area contributed by atoms with Crippen molar-refractivity contribution in [3.05, 3.63) is 47.3 Å². The molecule has 2 aromatic rings. The molecule has 1 N–H and O–H groups in total. The molecule has 1 aromatic carbocycles. The topological polar surface area (TPSA) is 59.8 Å². The fraction of sp³-hybridized carbons (Fsp3) is 0.400. The minimum absolute atomic E-state index is 0.147. The van der Waals surface area contributed by atoms with E-state index in [0.29, 0.717) is 17.9 Å². The molecule has 0 saturated carbocycles. The molecule has 6 heteroatoms. The first kappa shape index (κ1) is 15.2. The third-order valence-corrected chi connectivity index (χ3v) is 3.37. The van der Waals surface area contributed by atoms with Crippen LogP contribution in [0.2, 0.25) is 0 Å². The van der Waals surface area contributed by atoms with Crippen LogP contribution in [-0.4, -0.2) is 20.7 Å². The van der Waals surface area contributed by atoms with E-state index in [1.54, 1.807) is 10.7 Å². The van der Waals surface area contributed by atoms with Crippen LogP contribution in [0, 0.1) is 12.7 Å². The molecule has 0 radical (unpaired) electrons. The van der Waals surface area contributed by atoms with Crippen LogP contribution in [0.25, 0.3) is 0 Å². The average Bonchev–Trinajstić information content (AvgIpc) is 2.91. The van der Waals surface area contributed by atoms with Gasteiger partial charge in [-0.2, -0.15) is 5.10 Å². The van der Waals surface area contributed by atoms with Gasteiger partial charge in [0, 0.05) is 6.54 Å². The molecule has 0 aliphatic carbocycles. The molecular formula is C15H19FN4O. The number of amides is 1. The summed E-state index contributed by atoms with van der Waals surface area (Å²) in [5.74, 6) is 0.214. The Morgan fingerprint density at radius 2 is 2.24 bits per heavy atom. The fourth-order valence-corrected chi connectivity index (χ4v) is 2.21.